The molecule has 1 heterocycles. The summed E-state index contributed by atoms with van der Waals surface area (Å²) < 4.78 is 0. The van der Waals surface area contributed by atoms with Crippen molar-refractivity contribution in [2.45, 2.75) is 71.8 Å². The lowest BCUT2D eigenvalue weighted by atomic mass is 9.95. The lowest BCUT2D eigenvalue weighted by molar-refractivity contribution is 0.542. The minimum absolute atomic E-state index is 0.0773. The third-order valence-corrected chi connectivity index (χ3v) is 4.11. The lowest BCUT2D eigenvalue weighted by Gasteiger charge is -2.27. The van der Waals surface area contributed by atoms with Gasteiger partial charge in [0.15, 0.2) is 0 Å². The van der Waals surface area contributed by atoms with Gasteiger partial charge < -0.3 is 4.90 Å². The van der Waals surface area contributed by atoms with Gasteiger partial charge in [-0.15, -0.1) is 0 Å². The Hall–Kier alpha value is -0.830. The van der Waals surface area contributed by atoms with Crippen molar-refractivity contribution in [3.8, 4) is 0 Å². The first-order valence-electron chi connectivity index (χ1n) is 7.66. The van der Waals surface area contributed by atoms with Gasteiger partial charge in [-0.3, -0.25) is 0 Å². The normalized spacial score (nSPS) is 15.5. The Morgan fingerprint density at radius 2 is 1.90 bits per heavy atom. The molecule has 0 aromatic carbocycles. The average molecular weight is 296 g/mol. The van der Waals surface area contributed by atoms with Crippen molar-refractivity contribution in [1.82, 2.24) is 9.97 Å². The molecule has 0 radical (unpaired) electrons. The molecule has 1 aromatic rings. The summed E-state index contributed by atoms with van der Waals surface area (Å²) in [4.78, 5) is 11.8. The zero-order valence-corrected chi connectivity index (χ0v) is 14.1. The van der Waals surface area contributed by atoms with Crippen LogP contribution in [0.5, 0.6) is 0 Å². The van der Waals surface area contributed by atoms with E-state index in [9.17, 15) is 0 Å². The standard InChI is InChI=1S/C16H26ClN3/c1-6-7-10-20(12-8-9-12)14-11(2)13(17)18-15(19-14)16(3,4)5/h12H,6-10H2,1-5H3. The van der Waals surface area contributed by atoms with Gasteiger partial charge >= 0.3 is 0 Å². The molecule has 4 heteroatoms. The van der Waals surface area contributed by atoms with E-state index in [1.54, 1.807) is 0 Å². The number of halogens is 1. The zero-order valence-electron chi connectivity index (χ0n) is 13.3. The summed E-state index contributed by atoms with van der Waals surface area (Å²) in [7, 11) is 0. The number of nitrogens with zero attached hydrogens (tertiary/aromatic N) is 3. The van der Waals surface area contributed by atoms with Gasteiger partial charge in [-0.1, -0.05) is 45.7 Å². The predicted octanol–water partition coefficient (Wildman–Crippen LogP) is 4.50. The second kappa shape index (κ2) is 5.88. The maximum Gasteiger partial charge on any atom is 0.137 e. The number of rotatable bonds is 5. The number of hydrogen-bond acceptors (Lipinski definition) is 3. The molecule has 0 atom stereocenters. The van der Waals surface area contributed by atoms with E-state index in [0.717, 1.165) is 23.8 Å². The molecule has 0 aliphatic heterocycles. The fourth-order valence-corrected chi connectivity index (χ4v) is 2.43. The van der Waals surface area contributed by atoms with Crippen LogP contribution in [0.4, 0.5) is 5.82 Å². The van der Waals surface area contributed by atoms with E-state index >= 15 is 0 Å². The molecule has 0 amide bonds. The molecule has 2 rings (SSSR count). The highest BCUT2D eigenvalue weighted by Crippen LogP contribution is 2.35. The van der Waals surface area contributed by atoms with Gasteiger partial charge in [0.05, 0.1) is 0 Å². The van der Waals surface area contributed by atoms with Gasteiger partial charge in [-0.25, -0.2) is 9.97 Å². The van der Waals surface area contributed by atoms with E-state index in [-0.39, 0.29) is 5.41 Å². The lowest BCUT2D eigenvalue weighted by Crippen LogP contribution is -2.30. The summed E-state index contributed by atoms with van der Waals surface area (Å²) in [6, 6.07) is 0.652. The van der Waals surface area contributed by atoms with E-state index in [0.29, 0.717) is 11.2 Å². The Kier molecular flexibility index (Phi) is 4.58. The maximum atomic E-state index is 6.35. The SMILES string of the molecule is CCCCN(c1nc(C(C)(C)C)nc(Cl)c1C)C1CC1. The van der Waals surface area contributed by atoms with Crippen LogP contribution in [-0.4, -0.2) is 22.6 Å². The molecule has 1 aliphatic rings. The van der Waals surface area contributed by atoms with E-state index in [4.69, 9.17) is 16.6 Å². The second-order valence-electron chi connectivity index (χ2n) is 6.81. The van der Waals surface area contributed by atoms with Crippen molar-refractivity contribution >= 4 is 17.4 Å². The van der Waals surface area contributed by atoms with E-state index in [1.807, 2.05) is 6.92 Å². The average Bonchev–Trinajstić information content (AvgIpc) is 3.17. The van der Waals surface area contributed by atoms with Crippen LogP contribution in [0.25, 0.3) is 0 Å². The molecule has 0 unspecified atom stereocenters. The summed E-state index contributed by atoms with van der Waals surface area (Å²) in [6.45, 7) is 11.7. The first-order valence-corrected chi connectivity index (χ1v) is 8.03. The van der Waals surface area contributed by atoms with Gasteiger partial charge in [0, 0.05) is 23.6 Å². The van der Waals surface area contributed by atoms with Crippen LogP contribution in [0.3, 0.4) is 0 Å². The topological polar surface area (TPSA) is 29.0 Å². The van der Waals surface area contributed by atoms with E-state index in [1.165, 1.54) is 25.7 Å². The predicted molar refractivity (Wildman–Crippen MR) is 85.8 cm³/mol. The zero-order chi connectivity index (χ0) is 14.9. The van der Waals surface area contributed by atoms with Crippen LogP contribution in [0.2, 0.25) is 5.15 Å². The highest BCUT2D eigenvalue weighted by Gasteiger charge is 2.32. The monoisotopic (exact) mass is 295 g/mol. The summed E-state index contributed by atoms with van der Waals surface area (Å²) >= 11 is 6.35. The quantitative estimate of drug-likeness (QED) is 0.749. The van der Waals surface area contributed by atoms with Crippen LogP contribution in [0, 0.1) is 6.92 Å². The highest BCUT2D eigenvalue weighted by molar-refractivity contribution is 6.30. The van der Waals surface area contributed by atoms with Crippen LogP contribution in [0.15, 0.2) is 0 Å². The minimum Gasteiger partial charge on any atom is -0.353 e. The Balaban J connectivity index is 2.39. The smallest absolute Gasteiger partial charge is 0.137 e. The fourth-order valence-electron chi connectivity index (χ4n) is 2.27. The van der Waals surface area contributed by atoms with E-state index in [2.05, 4.69) is 37.6 Å². The molecule has 0 N–H and O–H groups in total. The Bertz CT molecular complexity index is 475. The molecular weight excluding hydrogens is 270 g/mol. The number of unbranched alkanes of at least 4 members (excludes halogenated alkanes) is 1. The van der Waals surface area contributed by atoms with Crippen molar-refractivity contribution in [1.29, 1.82) is 0 Å². The molecule has 0 saturated heterocycles. The van der Waals surface area contributed by atoms with Crippen LogP contribution >= 0.6 is 11.6 Å². The van der Waals surface area contributed by atoms with Gasteiger partial charge in [0.1, 0.15) is 16.8 Å². The summed E-state index contributed by atoms with van der Waals surface area (Å²) in [5.41, 5.74) is 0.939. The molecule has 3 nitrogen and oxygen atoms in total. The number of aromatic nitrogens is 2. The Morgan fingerprint density at radius 3 is 2.40 bits per heavy atom. The number of hydrogen-bond donors (Lipinski definition) is 0. The number of anilines is 1. The molecule has 20 heavy (non-hydrogen) atoms. The Labute approximate surface area is 127 Å². The molecule has 1 aliphatic carbocycles. The van der Waals surface area contributed by atoms with Crippen LogP contribution in [0.1, 0.15) is 64.8 Å². The largest absolute Gasteiger partial charge is 0.353 e. The summed E-state index contributed by atoms with van der Waals surface area (Å²) in [5, 5.41) is 0.599. The summed E-state index contributed by atoms with van der Waals surface area (Å²) in [5.74, 6) is 1.89. The van der Waals surface area contributed by atoms with Gasteiger partial charge in [-0.2, -0.15) is 0 Å². The maximum absolute atomic E-state index is 6.35. The summed E-state index contributed by atoms with van der Waals surface area (Å²) in [6.07, 6.45) is 4.95. The Morgan fingerprint density at radius 1 is 1.25 bits per heavy atom. The van der Waals surface area contributed by atoms with Crippen molar-refractivity contribution in [2.75, 3.05) is 11.4 Å². The molecule has 112 valence electrons. The first kappa shape index (κ1) is 15.6. The second-order valence-corrected chi connectivity index (χ2v) is 7.17. The van der Waals surface area contributed by atoms with Gasteiger partial charge in [0.2, 0.25) is 0 Å². The van der Waals surface area contributed by atoms with E-state index < -0.39 is 0 Å². The molecule has 1 saturated carbocycles. The van der Waals surface area contributed by atoms with Crippen molar-refractivity contribution < 1.29 is 0 Å². The molecular formula is C16H26ClN3. The third kappa shape index (κ3) is 3.43. The van der Waals surface area contributed by atoms with Crippen molar-refractivity contribution in [3.05, 3.63) is 16.5 Å². The van der Waals surface area contributed by atoms with Gasteiger partial charge in [-0.05, 0) is 26.2 Å². The molecule has 1 fully saturated rings. The fraction of sp³-hybridized carbons (Fsp3) is 0.750. The van der Waals surface area contributed by atoms with Crippen LogP contribution in [-0.2, 0) is 5.41 Å². The molecule has 0 bridgehead atoms. The molecule has 0 spiro atoms. The molecule has 1 aromatic heterocycles. The minimum atomic E-state index is -0.0773. The van der Waals surface area contributed by atoms with Crippen LogP contribution < -0.4 is 4.90 Å². The van der Waals surface area contributed by atoms with Crippen molar-refractivity contribution in [3.63, 3.8) is 0 Å². The highest BCUT2D eigenvalue weighted by atomic mass is 35.5. The van der Waals surface area contributed by atoms with Gasteiger partial charge in [0.25, 0.3) is 0 Å². The first-order chi connectivity index (χ1) is 9.34. The van der Waals surface area contributed by atoms with Crippen molar-refractivity contribution in [2.24, 2.45) is 0 Å². The third-order valence-electron chi connectivity index (χ3n) is 3.74.